The number of amides is 1. The van der Waals surface area contributed by atoms with Crippen molar-refractivity contribution in [3.05, 3.63) is 24.3 Å². The quantitative estimate of drug-likeness (QED) is 0.124. The van der Waals surface area contributed by atoms with Gasteiger partial charge in [-0.05, 0) is 30.7 Å². The molecular weight excluding hydrogens is 534 g/mol. The Balaban J connectivity index is -0.00000300. The number of hydrogen-bond acceptors (Lipinski definition) is 4. The molecule has 1 aromatic rings. The summed E-state index contributed by atoms with van der Waals surface area (Å²) in [6.07, 6.45) is 19.2. The number of nitrogens with one attached hydrogen (secondary N) is 1. The van der Waals surface area contributed by atoms with E-state index in [1.54, 1.807) is 0 Å². The molecule has 1 amide bonds. The van der Waals surface area contributed by atoms with Crippen molar-refractivity contribution < 1.29 is 16.1 Å². The first-order valence-corrected chi connectivity index (χ1v) is 13.3. The van der Waals surface area contributed by atoms with Gasteiger partial charge in [-0.2, -0.15) is 0 Å². The Bertz CT molecular complexity index is 689. The second kappa shape index (κ2) is 19.5. The van der Waals surface area contributed by atoms with Crippen molar-refractivity contribution in [2.75, 3.05) is 5.73 Å². The van der Waals surface area contributed by atoms with Gasteiger partial charge in [0.15, 0.2) is 0 Å². The van der Waals surface area contributed by atoms with E-state index in [4.69, 9.17) is 5.73 Å². The predicted octanol–water partition coefficient (Wildman–Crippen LogP) is 6.18. The van der Waals surface area contributed by atoms with Gasteiger partial charge in [0.1, 0.15) is 0 Å². The Morgan fingerprint density at radius 1 is 0.774 bits per heavy atom. The first-order valence-electron chi connectivity index (χ1n) is 11.9. The molecule has 5 nitrogen and oxygen atoms in total. The van der Waals surface area contributed by atoms with Gasteiger partial charge < -0.3 is 8.59 Å². The van der Waals surface area contributed by atoms with Gasteiger partial charge >= 0.3 is 48.9 Å². The molecule has 1 aromatic carbocycles. The molecule has 0 saturated carbocycles. The van der Waals surface area contributed by atoms with Crippen molar-refractivity contribution in [3.63, 3.8) is 0 Å². The van der Waals surface area contributed by atoms with Gasteiger partial charge in [-0.3, -0.25) is 4.79 Å². The van der Waals surface area contributed by atoms with E-state index in [0.29, 0.717) is 5.69 Å². The van der Waals surface area contributed by atoms with E-state index < -0.39 is 15.9 Å². The molecule has 0 saturated heterocycles. The van der Waals surface area contributed by atoms with Crippen LogP contribution in [0.15, 0.2) is 29.2 Å². The summed E-state index contributed by atoms with van der Waals surface area (Å²) < 4.78 is 26.4. The molecule has 0 aromatic heterocycles. The normalized spacial score (nSPS) is 11.1. The molecule has 31 heavy (non-hydrogen) atoms. The average Bonchev–Trinajstić information content (AvgIpc) is 2.71. The Morgan fingerprint density at radius 3 is 1.58 bits per heavy atom. The minimum atomic E-state index is -3.80. The zero-order chi connectivity index (χ0) is 22.1. The molecule has 176 valence electrons. The van der Waals surface area contributed by atoms with Gasteiger partial charge in [0, 0.05) is 12.1 Å². The molecule has 0 fully saturated rings. The summed E-state index contributed by atoms with van der Waals surface area (Å²) in [7, 11) is -3.80. The Kier molecular flexibility index (Phi) is 19.5. The van der Waals surface area contributed by atoms with Crippen molar-refractivity contribution in [2.24, 2.45) is 0 Å². The van der Waals surface area contributed by atoms with Crippen LogP contribution in [0.4, 0.5) is 5.69 Å². The zero-order valence-electron chi connectivity index (χ0n) is 21.5. The summed E-state index contributed by atoms with van der Waals surface area (Å²) >= 11 is 0. The van der Waals surface area contributed by atoms with E-state index in [2.05, 4.69) is 11.6 Å². The molecule has 0 aliphatic heterocycles. The number of carbonyl (C=O) groups is 1. The average molecular weight is 578 g/mol. The number of sulfonamides is 1. The first-order chi connectivity index (χ1) is 14.5. The third-order valence-corrected chi connectivity index (χ3v) is 6.84. The zero-order valence-corrected chi connectivity index (χ0v) is 24.8. The molecule has 0 heterocycles. The minimum absolute atomic E-state index is 0. The van der Waals surface area contributed by atoms with E-state index in [9.17, 15) is 13.2 Å². The van der Waals surface area contributed by atoms with Gasteiger partial charge in [0.2, 0.25) is 5.91 Å². The Labute approximate surface area is 233 Å². The second-order valence-electron chi connectivity index (χ2n) is 8.30. The number of carbonyl (C=O) groups excluding carboxylic acids is 1. The number of nitrogen functional groups attached to an aromatic ring is 1. The maximum Gasteiger partial charge on any atom is 2.00 e. The molecule has 1 rings (SSSR count). The van der Waals surface area contributed by atoms with Gasteiger partial charge in [-0.1, -0.05) is 96.8 Å². The van der Waals surface area contributed by atoms with Crippen molar-refractivity contribution >= 4 is 70.5 Å². The van der Waals surface area contributed by atoms with E-state index in [-0.39, 0.29) is 63.1 Å². The first kappa shape index (κ1) is 31.0. The monoisotopic (exact) mass is 578 g/mol. The van der Waals surface area contributed by atoms with Crippen LogP contribution in [0.1, 0.15) is 113 Å². The van der Waals surface area contributed by atoms with Gasteiger partial charge in [-0.15, -0.1) is 0 Å². The fourth-order valence-corrected chi connectivity index (χ4v) is 4.58. The van der Waals surface area contributed by atoms with E-state index in [1.807, 2.05) is 0 Å². The molecule has 0 bridgehead atoms. The largest absolute Gasteiger partial charge is 2.00 e. The van der Waals surface area contributed by atoms with E-state index in [0.717, 1.165) is 19.3 Å². The van der Waals surface area contributed by atoms with Crippen LogP contribution in [0.3, 0.4) is 0 Å². The molecular formula is C24H44BaN2O3S. The smallest absolute Gasteiger partial charge is 1.00 e. The van der Waals surface area contributed by atoms with Crippen LogP contribution in [0.25, 0.3) is 0 Å². The molecule has 0 radical (unpaired) electrons. The summed E-state index contributed by atoms with van der Waals surface area (Å²) in [6.45, 7) is 2.26. The fraction of sp³-hybridized carbons (Fsp3) is 0.708. The maximum absolute atomic E-state index is 12.1. The Morgan fingerprint density at radius 2 is 1.16 bits per heavy atom. The van der Waals surface area contributed by atoms with Crippen molar-refractivity contribution in [3.8, 4) is 0 Å². The number of benzene rings is 1. The number of rotatable bonds is 18. The number of unbranched alkanes of at least 4 members (excludes halogenated alkanes) is 14. The summed E-state index contributed by atoms with van der Waals surface area (Å²) in [4.78, 5) is 12.0. The third kappa shape index (κ3) is 16.3. The maximum atomic E-state index is 12.1. The topological polar surface area (TPSA) is 89.3 Å². The number of anilines is 1. The van der Waals surface area contributed by atoms with Crippen molar-refractivity contribution in [1.82, 2.24) is 4.72 Å². The van der Waals surface area contributed by atoms with Crippen molar-refractivity contribution in [2.45, 2.75) is 115 Å². The summed E-state index contributed by atoms with van der Waals surface area (Å²) in [5.41, 5.74) is 6.04. The molecule has 0 aliphatic carbocycles. The van der Waals surface area contributed by atoms with Crippen LogP contribution in [0, 0.1) is 0 Å². The molecule has 0 aliphatic rings. The summed E-state index contributed by atoms with van der Waals surface area (Å²) in [6, 6.07) is 5.82. The van der Waals surface area contributed by atoms with Crippen LogP contribution in [-0.2, 0) is 14.8 Å². The van der Waals surface area contributed by atoms with Gasteiger partial charge in [0.25, 0.3) is 10.0 Å². The van der Waals surface area contributed by atoms with Crippen LogP contribution in [0.2, 0.25) is 0 Å². The van der Waals surface area contributed by atoms with Crippen LogP contribution < -0.4 is 10.5 Å². The molecule has 3 N–H and O–H groups in total. The standard InChI is InChI=1S/C24H42N2O3S.Ba.2H/c1-2-3-4-5-6-7-8-9-10-11-12-13-14-15-16-17-24(27)26-30(28,29)23-20-18-22(25)19-21-23;;;/h18-21H,2-17,25H2,1H3,(H,26,27);;;/q;+2;2*-1. The third-order valence-electron chi connectivity index (χ3n) is 5.45. The minimum Gasteiger partial charge on any atom is -1.00 e. The second-order valence-corrected chi connectivity index (χ2v) is 9.98. The SMILES string of the molecule is CCCCCCCCCCCCCCCCCC(=O)NS(=O)(=O)c1ccc(N)cc1.[Ba+2].[H-].[H-]. The number of hydrogen-bond donors (Lipinski definition) is 2. The van der Waals surface area contributed by atoms with Gasteiger partial charge in [0.05, 0.1) is 4.90 Å². The summed E-state index contributed by atoms with van der Waals surface area (Å²) in [5, 5.41) is 0. The molecule has 0 unspecified atom stereocenters. The number of nitrogens with two attached hydrogens (primary N) is 1. The summed E-state index contributed by atoms with van der Waals surface area (Å²) in [5.74, 6) is -0.443. The van der Waals surface area contributed by atoms with Crippen molar-refractivity contribution in [1.29, 1.82) is 0 Å². The molecule has 0 spiro atoms. The van der Waals surface area contributed by atoms with Crippen LogP contribution in [-0.4, -0.2) is 63.2 Å². The Hall–Kier alpha value is 0.0114. The van der Waals surface area contributed by atoms with Crippen LogP contribution >= 0.6 is 0 Å². The van der Waals surface area contributed by atoms with Crippen LogP contribution in [0.5, 0.6) is 0 Å². The molecule has 0 atom stereocenters. The van der Waals surface area contributed by atoms with E-state index in [1.165, 1.54) is 101 Å². The predicted molar refractivity (Wildman–Crippen MR) is 134 cm³/mol. The van der Waals surface area contributed by atoms with E-state index >= 15 is 0 Å². The molecule has 7 heteroatoms. The fourth-order valence-electron chi connectivity index (χ4n) is 3.56. The van der Waals surface area contributed by atoms with Gasteiger partial charge in [-0.25, -0.2) is 13.1 Å².